The first-order valence-corrected chi connectivity index (χ1v) is 6.77. The third kappa shape index (κ3) is 1.85. The van der Waals surface area contributed by atoms with E-state index in [0.717, 1.165) is 18.4 Å². The lowest BCUT2D eigenvalue weighted by molar-refractivity contribution is 0.170. The van der Waals surface area contributed by atoms with Crippen molar-refractivity contribution in [3.05, 3.63) is 35.4 Å². The number of hydrogen-bond acceptors (Lipinski definition) is 1. The minimum absolute atomic E-state index is 0.0571. The van der Waals surface area contributed by atoms with Crippen LogP contribution in [0.2, 0.25) is 0 Å². The monoisotopic (exact) mass is 251 g/mol. The van der Waals surface area contributed by atoms with E-state index < -0.39 is 11.6 Å². The molecule has 3 rings (SSSR count). The van der Waals surface area contributed by atoms with Crippen LogP contribution in [-0.2, 0) is 6.42 Å². The zero-order valence-corrected chi connectivity index (χ0v) is 10.5. The smallest absolute Gasteiger partial charge is 0.129 e. The van der Waals surface area contributed by atoms with Gasteiger partial charge >= 0.3 is 0 Å². The van der Waals surface area contributed by atoms with Gasteiger partial charge in [0.15, 0.2) is 0 Å². The van der Waals surface area contributed by atoms with Gasteiger partial charge in [0.2, 0.25) is 0 Å². The first kappa shape index (κ1) is 12.1. The van der Waals surface area contributed by atoms with E-state index in [9.17, 15) is 8.78 Å². The van der Waals surface area contributed by atoms with Gasteiger partial charge < -0.3 is 5.73 Å². The summed E-state index contributed by atoms with van der Waals surface area (Å²) in [6.07, 6.45) is 5.56. The maximum atomic E-state index is 13.8. The molecule has 0 radical (unpaired) electrons. The largest absolute Gasteiger partial charge is 0.330 e. The van der Waals surface area contributed by atoms with Crippen LogP contribution in [0.5, 0.6) is 0 Å². The van der Waals surface area contributed by atoms with E-state index in [1.807, 2.05) is 0 Å². The first-order chi connectivity index (χ1) is 8.63. The van der Waals surface area contributed by atoms with Crippen molar-refractivity contribution in [2.24, 2.45) is 23.0 Å². The number of halogens is 2. The second-order valence-corrected chi connectivity index (χ2v) is 6.06. The molecular weight excluding hydrogens is 232 g/mol. The van der Waals surface area contributed by atoms with Gasteiger partial charge in [-0.25, -0.2) is 8.78 Å². The van der Waals surface area contributed by atoms with E-state index in [0.29, 0.717) is 24.4 Å². The summed E-state index contributed by atoms with van der Waals surface area (Å²) in [6, 6.07) is 3.90. The standard InChI is InChI=1S/C15H19F2N/c16-13-4-2-11(14(17)6-13)8-15(9-18)7-10-1-3-12(15)5-10/h2,4,6,10,12H,1,3,5,7-9,18H2. The molecule has 18 heavy (non-hydrogen) atoms. The third-order valence-electron chi connectivity index (χ3n) is 5.07. The van der Waals surface area contributed by atoms with Gasteiger partial charge in [-0.15, -0.1) is 0 Å². The Morgan fingerprint density at radius 3 is 2.67 bits per heavy atom. The van der Waals surface area contributed by atoms with Crippen LogP contribution in [0.25, 0.3) is 0 Å². The molecule has 3 atom stereocenters. The highest BCUT2D eigenvalue weighted by atomic mass is 19.1. The molecule has 1 aromatic carbocycles. The lowest BCUT2D eigenvalue weighted by Gasteiger charge is -2.37. The SMILES string of the molecule is NCC1(Cc2ccc(F)cc2F)CC2CCC1C2. The summed E-state index contributed by atoms with van der Waals surface area (Å²) in [5.41, 5.74) is 6.66. The second kappa shape index (κ2) is 4.30. The Kier molecular flexibility index (Phi) is 2.89. The van der Waals surface area contributed by atoms with Gasteiger partial charge in [0, 0.05) is 6.07 Å². The van der Waals surface area contributed by atoms with Crippen molar-refractivity contribution in [3.8, 4) is 0 Å². The molecule has 0 saturated heterocycles. The molecule has 98 valence electrons. The highest BCUT2D eigenvalue weighted by molar-refractivity contribution is 5.22. The van der Waals surface area contributed by atoms with Crippen LogP contribution in [-0.4, -0.2) is 6.54 Å². The van der Waals surface area contributed by atoms with Gasteiger partial charge in [0.25, 0.3) is 0 Å². The second-order valence-electron chi connectivity index (χ2n) is 6.06. The van der Waals surface area contributed by atoms with Gasteiger partial charge in [-0.1, -0.05) is 12.5 Å². The van der Waals surface area contributed by atoms with Crippen molar-refractivity contribution in [1.29, 1.82) is 0 Å². The maximum absolute atomic E-state index is 13.8. The predicted octanol–water partition coefficient (Wildman–Crippen LogP) is 3.27. The number of rotatable bonds is 3. The average molecular weight is 251 g/mol. The summed E-state index contributed by atoms with van der Waals surface area (Å²) in [5, 5.41) is 0. The van der Waals surface area contributed by atoms with Crippen molar-refractivity contribution >= 4 is 0 Å². The zero-order chi connectivity index (χ0) is 12.8. The zero-order valence-electron chi connectivity index (χ0n) is 10.5. The topological polar surface area (TPSA) is 26.0 Å². The fraction of sp³-hybridized carbons (Fsp3) is 0.600. The molecule has 2 saturated carbocycles. The first-order valence-electron chi connectivity index (χ1n) is 6.77. The Morgan fingerprint density at radius 2 is 2.11 bits per heavy atom. The fourth-order valence-electron chi connectivity index (χ4n) is 4.14. The lowest BCUT2D eigenvalue weighted by atomic mass is 9.69. The van der Waals surface area contributed by atoms with Gasteiger partial charge in [-0.2, -0.15) is 0 Å². The minimum Gasteiger partial charge on any atom is -0.330 e. The van der Waals surface area contributed by atoms with Gasteiger partial charge in [0.05, 0.1) is 0 Å². The number of nitrogens with two attached hydrogens (primary N) is 1. The summed E-state index contributed by atoms with van der Waals surface area (Å²) in [4.78, 5) is 0. The molecule has 0 aromatic heterocycles. The number of fused-ring (bicyclic) bond motifs is 2. The quantitative estimate of drug-likeness (QED) is 0.876. The molecular formula is C15H19F2N. The number of hydrogen-bond donors (Lipinski definition) is 1. The van der Waals surface area contributed by atoms with E-state index in [-0.39, 0.29) is 5.41 Å². The molecule has 2 N–H and O–H groups in total. The number of benzene rings is 1. The van der Waals surface area contributed by atoms with Crippen LogP contribution < -0.4 is 5.73 Å². The molecule has 0 amide bonds. The Labute approximate surface area is 106 Å². The van der Waals surface area contributed by atoms with Crippen LogP contribution >= 0.6 is 0 Å². The highest BCUT2D eigenvalue weighted by Gasteiger charge is 2.49. The van der Waals surface area contributed by atoms with E-state index in [1.165, 1.54) is 25.3 Å². The van der Waals surface area contributed by atoms with Crippen LogP contribution in [0.3, 0.4) is 0 Å². The van der Waals surface area contributed by atoms with Gasteiger partial charge in [-0.3, -0.25) is 0 Å². The Bertz CT molecular complexity index is 460. The lowest BCUT2D eigenvalue weighted by Crippen LogP contribution is -2.38. The van der Waals surface area contributed by atoms with Crippen molar-refractivity contribution in [3.63, 3.8) is 0 Å². The normalized spacial score (nSPS) is 34.2. The molecule has 0 heterocycles. The van der Waals surface area contributed by atoms with Gasteiger partial charge in [0.1, 0.15) is 11.6 Å². The summed E-state index contributed by atoms with van der Waals surface area (Å²) >= 11 is 0. The summed E-state index contributed by atoms with van der Waals surface area (Å²) < 4.78 is 26.7. The maximum Gasteiger partial charge on any atom is 0.129 e. The van der Waals surface area contributed by atoms with E-state index in [1.54, 1.807) is 6.07 Å². The van der Waals surface area contributed by atoms with E-state index in [2.05, 4.69) is 0 Å². The Hall–Kier alpha value is -0.960. The average Bonchev–Trinajstić information content (AvgIpc) is 2.93. The molecule has 3 heteroatoms. The Morgan fingerprint density at radius 1 is 1.28 bits per heavy atom. The van der Waals surface area contributed by atoms with Crippen molar-refractivity contribution < 1.29 is 8.78 Å². The molecule has 2 aliphatic carbocycles. The van der Waals surface area contributed by atoms with Gasteiger partial charge in [-0.05, 0) is 61.1 Å². The molecule has 2 aliphatic rings. The fourth-order valence-corrected chi connectivity index (χ4v) is 4.14. The third-order valence-corrected chi connectivity index (χ3v) is 5.07. The van der Waals surface area contributed by atoms with Crippen molar-refractivity contribution in [2.45, 2.75) is 32.1 Å². The highest BCUT2D eigenvalue weighted by Crippen LogP contribution is 2.56. The molecule has 2 bridgehead atoms. The molecule has 2 fully saturated rings. The molecule has 1 aromatic rings. The molecule has 3 unspecified atom stereocenters. The van der Waals surface area contributed by atoms with Crippen LogP contribution in [0.15, 0.2) is 18.2 Å². The predicted molar refractivity (Wildman–Crippen MR) is 67.0 cm³/mol. The Balaban J connectivity index is 1.86. The molecule has 0 aliphatic heterocycles. The summed E-state index contributed by atoms with van der Waals surface area (Å²) in [5.74, 6) is 0.482. The molecule has 0 spiro atoms. The van der Waals surface area contributed by atoms with Crippen LogP contribution in [0, 0.1) is 28.9 Å². The van der Waals surface area contributed by atoms with Crippen LogP contribution in [0.1, 0.15) is 31.2 Å². The van der Waals surface area contributed by atoms with Crippen molar-refractivity contribution in [2.75, 3.05) is 6.54 Å². The molecule has 1 nitrogen and oxygen atoms in total. The van der Waals surface area contributed by atoms with E-state index in [4.69, 9.17) is 5.73 Å². The van der Waals surface area contributed by atoms with Crippen molar-refractivity contribution in [1.82, 2.24) is 0 Å². The summed E-state index contributed by atoms with van der Waals surface area (Å²) in [7, 11) is 0. The van der Waals surface area contributed by atoms with E-state index >= 15 is 0 Å². The minimum atomic E-state index is -0.508. The summed E-state index contributed by atoms with van der Waals surface area (Å²) in [6.45, 7) is 0.616. The van der Waals surface area contributed by atoms with Crippen LogP contribution in [0.4, 0.5) is 8.78 Å².